The molecule has 2 aromatic rings. The van der Waals surface area contributed by atoms with Crippen LogP contribution in [0.25, 0.3) is 0 Å². The van der Waals surface area contributed by atoms with Crippen LogP contribution in [0.4, 0.5) is 8.78 Å². The minimum atomic E-state index is -4.35. The summed E-state index contributed by atoms with van der Waals surface area (Å²) >= 11 is 6.02. The molecule has 1 heterocycles. The van der Waals surface area contributed by atoms with E-state index in [1.807, 2.05) is 0 Å². The van der Waals surface area contributed by atoms with Gasteiger partial charge in [0.1, 0.15) is 16.9 Å². The third-order valence-electron chi connectivity index (χ3n) is 9.00. The fourth-order valence-electron chi connectivity index (χ4n) is 5.82. The van der Waals surface area contributed by atoms with Gasteiger partial charge in [0.25, 0.3) is 0 Å². The topological polar surface area (TPSA) is 69.7 Å². The van der Waals surface area contributed by atoms with Crippen LogP contribution in [0.3, 0.4) is 0 Å². The molecular weight excluding hydrogens is 550 g/mol. The lowest BCUT2D eigenvalue weighted by Crippen LogP contribution is -2.59. The predicted octanol–water partition coefficient (Wildman–Crippen LogP) is 7.08. The van der Waals surface area contributed by atoms with Gasteiger partial charge >= 0.3 is 0 Å². The normalized spacial score (nSPS) is 25.7. The third-order valence-corrected chi connectivity index (χ3v) is 16.3. The zero-order valence-corrected chi connectivity index (χ0v) is 25.0. The summed E-state index contributed by atoms with van der Waals surface area (Å²) < 4.78 is 69.8. The quantitative estimate of drug-likeness (QED) is 0.257. The van der Waals surface area contributed by atoms with Crippen LogP contribution in [0.15, 0.2) is 41.3 Å². The Morgan fingerprint density at radius 3 is 2.34 bits per heavy atom. The maximum atomic E-state index is 15.6. The molecule has 3 atom stereocenters. The Hall–Kier alpha value is -1.81. The average Bonchev–Trinajstić information content (AvgIpc) is 2.85. The second-order valence-corrected chi connectivity index (χ2v) is 19.5. The second kappa shape index (κ2) is 9.98. The molecule has 0 amide bonds. The van der Waals surface area contributed by atoms with Crippen LogP contribution in [0.1, 0.15) is 52.0 Å². The fraction of sp³-hybridized carbons (Fsp3) is 0.536. The molecule has 10 heteroatoms. The van der Waals surface area contributed by atoms with Gasteiger partial charge in [-0.25, -0.2) is 17.2 Å². The molecule has 0 unspecified atom stereocenters. The third kappa shape index (κ3) is 4.53. The first-order valence-electron chi connectivity index (χ1n) is 12.8. The fourth-order valence-corrected chi connectivity index (χ4v) is 9.46. The molecule has 1 aliphatic heterocycles. The molecule has 1 aliphatic carbocycles. The Bertz CT molecular complexity index is 1330. The smallest absolute Gasteiger partial charge is 0.191 e. The Balaban J connectivity index is 1.89. The van der Waals surface area contributed by atoms with Crippen molar-refractivity contribution in [1.29, 1.82) is 0 Å². The van der Waals surface area contributed by atoms with Gasteiger partial charge in [-0.1, -0.05) is 38.8 Å². The molecule has 0 bridgehead atoms. The van der Waals surface area contributed by atoms with Gasteiger partial charge in [0, 0.05) is 23.0 Å². The lowest BCUT2D eigenvalue weighted by Gasteiger charge is -2.54. The largest absolute Gasteiger partial charge is 0.490 e. The van der Waals surface area contributed by atoms with Crippen molar-refractivity contribution in [2.75, 3.05) is 13.2 Å². The average molecular weight is 585 g/mol. The Morgan fingerprint density at radius 2 is 1.74 bits per heavy atom. The Labute approximate surface area is 229 Å². The van der Waals surface area contributed by atoms with E-state index in [0.29, 0.717) is 17.9 Å². The van der Waals surface area contributed by atoms with Gasteiger partial charge in [0.05, 0.1) is 17.1 Å². The monoisotopic (exact) mass is 584 g/mol. The predicted molar refractivity (Wildman–Crippen MR) is 146 cm³/mol. The summed E-state index contributed by atoms with van der Waals surface area (Å²) in [5, 5.41) is 0.291. The van der Waals surface area contributed by atoms with Gasteiger partial charge in [-0.3, -0.25) is 0 Å². The van der Waals surface area contributed by atoms with Crippen LogP contribution in [0, 0.1) is 23.0 Å². The molecule has 0 N–H and O–H groups in total. The number of halogens is 3. The van der Waals surface area contributed by atoms with Gasteiger partial charge in [-0.2, -0.15) is 0 Å². The Kier molecular flexibility index (Phi) is 7.66. The highest BCUT2D eigenvalue weighted by molar-refractivity contribution is 7.92. The van der Waals surface area contributed by atoms with E-state index in [0.717, 1.165) is 18.4 Å². The van der Waals surface area contributed by atoms with E-state index in [9.17, 15) is 17.6 Å². The number of benzene rings is 2. The molecule has 2 aromatic carbocycles. The first-order valence-corrected chi connectivity index (χ1v) is 17.6. The summed E-state index contributed by atoms with van der Waals surface area (Å²) in [5.41, 5.74) is -1.50. The molecule has 0 spiro atoms. The highest BCUT2D eigenvalue weighted by Crippen LogP contribution is 2.62. The number of carbonyl (C=O) groups excluding carboxylic acids is 1. The molecule has 2 aliphatic rings. The number of ether oxygens (including phenoxy) is 1. The molecule has 208 valence electrons. The molecule has 0 saturated heterocycles. The van der Waals surface area contributed by atoms with Crippen molar-refractivity contribution in [1.82, 2.24) is 0 Å². The van der Waals surface area contributed by atoms with Gasteiger partial charge in [0.15, 0.2) is 29.7 Å². The lowest BCUT2D eigenvalue weighted by molar-refractivity contribution is -0.126. The first-order chi connectivity index (χ1) is 17.6. The van der Waals surface area contributed by atoms with Gasteiger partial charge in [-0.05, 0) is 73.8 Å². The van der Waals surface area contributed by atoms with Crippen molar-refractivity contribution in [2.45, 2.75) is 74.2 Å². The van der Waals surface area contributed by atoms with Crippen molar-refractivity contribution in [3.05, 3.63) is 58.6 Å². The van der Waals surface area contributed by atoms with Crippen molar-refractivity contribution < 1.29 is 31.2 Å². The summed E-state index contributed by atoms with van der Waals surface area (Å²) in [6, 6.07) is 7.49. The molecule has 0 radical (unpaired) electrons. The van der Waals surface area contributed by atoms with E-state index >= 15 is 4.39 Å². The van der Waals surface area contributed by atoms with Crippen LogP contribution < -0.4 is 4.74 Å². The van der Waals surface area contributed by atoms with Crippen LogP contribution in [-0.2, 0) is 23.8 Å². The summed E-state index contributed by atoms with van der Waals surface area (Å²) in [4.78, 5) is 12.9. The van der Waals surface area contributed by atoms with Gasteiger partial charge in [0.2, 0.25) is 0 Å². The summed E-state index contributed by atoms with van der Waals surface area (Å²) in [5.74, 6) is -3.07. The molecule has 0 aromatic heterocycles. The van der Waals surface area contributed by atoms with E-state index in [1.54, 1.807) is 0 Å². The minimum absolute atomic E-state index is 0.0258. The first kappa shape index (κ1) is 29.2. The van der Waals surface area contributed by atoms with Crippen LogP contribution >= 0.6 is 11.6 Å². The molecular formula is C28H35ClF2O5SSi. The lowest BCUT2D eigenvalue weighted by atomic mass is 9.58. The van der Waals surface area contributed by atoms with Gasteiger partial charge in [-0.15, -0.1) is 0 Å². The number of sulfone groups is 1. The second-order valence-electron chi connectivity index (χ2n) is 12.0. The molecule has 5 nitrogen and oxygen atoms in total. The number of carbonyl (C=O) groups is 1. The summed E-state index contributed by atoms with van der Waals surface area (Å²) in [7, 11) is -6.50. The molecule has 1 saturated carbocycles. The van der Waals surface area contributed by atoms with E-state index < -0.39 is 51.6 Å². The maximum absolute atomic E-state index is 15.6. The van der Waals surface area contributed by atoms with E-state index in [4.69, 9.17) is 20.8 Å². The van der Waals surface area contributed by atoms with Crippen molar-refractivity contribution in [3.8, 4) is 5.75 Å². The number of aldehydes is 1. The molecule has 1 fully saturated rings. The SMILES string of the molecule is CC(C)(C)[Si](C)(C)OCC[C@@]1(C=O)CCC[C@@]2(S(=O)(=O)c3ccc(Cl)cc3)c3c(F)ccc(F)c3OC[C@@H]12. The highest BCUT2D eigenvalue weighted by atomic mass is 35.5. The number of rotatable bonds is 7. The van der Waals surface area contributed by atoms with Gasteiger partial charge < -0.3 is 14.0 Å². The number of hydrogen-bond donors (Lipinski definition) is 0. The number of fused-ring (bicyclic) bond motifs is 3. The minimum Gasteiger partial charge on any atom is -0.490 e. The van der Waals surface area contributed by atoms with Crippen molar-refractivity contribution in [2.24, 2.45) is 11.3 Å². The summed E-state index contributed by atoms with van der Waals surface area (Å²) in [6.45, 7) is 10.6. The standard InChI is InChI=1S/C28H35ClF2O5SSi/c1-26(2,3)38(4,5)36-16-15-27(18-32)13-6-14-28(37(33,34)20-9-7-19(29)8-10-20)23(27)17-35-25-22(31)12-11-21(30)24(25)28/h7-12,18,23H,6,13-17H2,1-5H3/t23-,27+,28-/m0/s1. The van der Waals surface area contributed by atoms with Crippen LogP contribution in [0.5, 0.6) is 5.75 Å². The highest BCUT2D eigenvalue weighted by Gasteiger charge is 2.65. The zero-order chi connectivity index (χ0) is 28.1. The molecule has 38 heavy (non-hydrogen) atoms. The zero-order valence-electron chi connectivity index (χ0n) is 22.4. The summed E-state index contributed by atoms with van der Waals surface area (Å²) in [6.07, 6.45) is 1.80. The van der Waals surface area contributed by atoms with E-state index in [-0.39, 0.29) is 41.6 Å². The van der Waals surface area contributed by atoms with E-state index in [2.05, 4.69) is 33.9 Å². The molecule has 4 rings (SSSR count). The van der Waals surface area contributed by atoms with Crippen molar-refractivity contribution >= 4 is 36.0 Å². The Morgan fingerprint density at radius 1 is 1.11 bits per heavy atom. The van der Waals surface area contributed by atoms with E-state index in [1.165, 1.54) is 24.3 Å². The van der Waals surface area contributed by atoms with Crippen molar-refractivity contribution in [3.63, 3.8) is 0 Å². The number of hydrogen-bond acceptors (Lipinski definition) is 5. The van der Waals surface area contributed by atoms with Crippen LogP contribution in [-0.4, -0.2) is 36.2 Å². The van der Waals surface area contributed by atoms with Crippen LogP contribution in [0.2, 0.25) is 23.2 Å². The maximum Gasteiger partial charge on any atom is 0.191 e.